The molecule has 0 bridgehead atoms. The summed E-state index contributed by atoms with van der Waals surface area (Å²) in [5.74, 6) is 0.251. The Morgan fingerprint density at radius 3 is 2.65 bits per heavy atom. The molecule has 1 saturated heterocycles. The second kappa shape index (κ2) is 4.40. The van der Waals surface area contributed by atoms with Crippen molar-refractivity contribution >= 4 is 16.9 Å². The first kappa shape index (κ1) is 12.8. The fraction of sp³-hybridized carbons (Fsp3) is 0.312. The van der Waals surface area contributed by atoms with Gasteiger partial charge in [-0.1, -0.05) is 44.2 Å². The first-order chi connectivity index (χ1) is 9.49. The second-order valence-electron chi connectivity index (χ2n) is 5.86. The van der Waals surface area contributed by atoms with Crippen LogP contribution in [0.15, 0.2) is 36.4 Å². The van der Waals surface area contributed by atoms with Gasteiger partial charge in [0, 0.05) is 10.8 Å². The Bertz CT molecular complexity index is 678. The highest BCUT2D eigenvalue weighted by molar-refractivity contribution is 5.91. The van der Waals surface area contributed by atoms with Crippen molar-refractivity contribution in [1.29, 1.82) is 0 Å². The smallest absolute Gasteiger partial charge is 0.407 e. The number of aromatic hydroxyl groups is 1. The molecule has 4 nitrogen and oxygen atoms in total. The van der Waals surface area contributed by atoms with Crippen LogP contribution in [0, 0.1) is 5.41 Å². The van der Waals surface area contributed by atoms with E-state index < -0.39 is 6.09 Å². The van der Waals surface area contributed by atoms with Crippen molar-refractivity contribution in [2.24, 2.45) is 5.41 Å². The average molecular weight is 271 g/mol. The van der Waals surface area contributed by atoms with E-state index in [9.17, 15) is 9.90 Å². The molecule has 1 aliphatic rings. The molecule has 0 saturated carbocycles. The summed E-state index contributed by atoms with van der Waals surface area (Å²) in [5.41, 5.74) is 0.785. The van der Waals surface area contributed by atoms with Crippen LogP contribution in [-0.2, 0) is 4.74 Å². The van der Waals surface area contributed by atoms with Crippen molar-refractivity contribution in [3.63, 3.8) is 0 Å². The molecular weight excluding hydrogens is 254 g/mol. The van der Waals surface area contributed by atoms with Crippen LogP contribution in [0.25, 0.3) is 10.8 Å². The summed E-state index contributed by atoms with van der Waals surface area (Å²) in [5, 5.41) is 14.6. The van der Waals surface area contributed by atoms with Gasteiger partial charge < -0.3 is 15.2 Å². The Balaban J connectivity index is 2.18. The van der Waals surface area contributed by atoms with Crippen LogP contribution >= 0.6 is 0 Å². The largest absolute Gasteiger partial charge is 0.507 e. The van der Waals surface area contributed by atoms with E-state index in [1.165, 1.54) is 0 Å². The Morgan fingerprint density at radius 2 is 1.90 bits per heavy atom. The first-order valence-corrected chi connectivity index (χ1v) is 6.63. The lowest BCUT2D eigenvalue weighted by molar-refractivity contribution is 0.0391. The molecule has 0 unspecified atom stereocenters. The van der Waals surface area contributed by atoms with E-state index >= 15 is 0 Å². The van der Waals surface area contributed by atoms with Gasteiger partial charge >= 0.3 is 6.09 Å². The van der Waals surface area contributed by atoms with E-state index in [-0.39, 0.29) is 17.2 Å². The van der Waals surface area contributed by atoms with Crippen LogP contribution in [0.2, 0.25) is 0 Å². The van der Waals surface area contributed by atoms with Crippen LogP contribution in [0.1, 0.15) is 25.5 Å². The fourth-order valence-electron chi connectivity index (χ4n) is 2.75. The minimum absolute atomic E-state index is 0.144. The van der Waals surface area contributed by atoms with Crippen molar-refractivity contribution in [2.75, 3.05) is 6.61 Å². The molecule has 0 aliphatic carbocycles. The highest BCUT2D eigenvalue weighted by Crippen LogP contribution is 2.40. The lowest BCUT2D eigenvalue weighted by Crippen LogP contribution is -2.47. The minimum Gasteiger partial charge on any atom is -0.507 e. The van der Waals surface area contributed by atoms with E-state index in [1.807, 2.05) is 30.3 Å². The number of fused-ring (bicyclic) bond motifs is 1. The van der Waals surface area contributed by atoms with Crippen LogP contribution in [0.5, 0.6) is 5.75 Å². The summed E-state index contributed by atoms with van der Waals surface area (Å²) in [4.78, 5) is 11.6. The first-order valence-electron chi connectivity index (χ1n) is 6.63. The topological polar surface area (TPSA) is 58.6 Å². The highest BCUT2D eigenvalue weighted by atomic mass is 16.6. The van der Waals surface area contributed by atoms with Gasteiger partial charge in [0.05, 0.1) is 6.04 Å². The molecule has 2 aromatic carbocycles. The lowest BCUT2D eigenvalue weighted by atomic mass is 9.79. The fourth-order valence-corrected chi connectivity index (χ4v) is 2.75. The maximum atomic E-state index is 11.6. The highest BCUT2D eigenvalue weighted by Gasteiger charge is 2.38. The van der Waals surface area contributed by atoms with Crippen molar-refractivity contribution in [3.8, 4) is 5.75 Å². The van der Waals surface area contributed by atoms with Gasteiger partial charge in [-0.3, -0.25) is 0 Å². The molecule has 2 aromatic rings. The Kier molecular flexibility index (Phi) is 2.82. The third-order valence-corrected chi connectivity index (χ3v) is 3.86. The number of ether oxygens (including phenoxy) is 1. The van der Waals surface area contributed by atoms with Crippen molar-refractivity contribution in [1.82, 2.24) is 5.32 Å². The molecule has 0 spiro atoms. The number of phenolic OH excluding ortho intramolecular Hbond substituents is 1. The van der Waals surface area contributed by atoms with Gasteiger partial charge in [-0.05, 0) is 17.0 Å². The van der Waals surface area contributed by atoms with Crippen LogP contribution in [0.4, 0.5) is 4.79 Å². The summed E-state index contributed by atoms with van der Waals surface area (Å²) in [6.45, 7) is 4.48. The molecule has 1 amide bonds. The molecule has 3 rings (SSSR count). The molecule has 0 aromatic heterocycles. The number of carbonyl (C=O) groups is 1. The van der Waals surface area contributed by atoms with E-state index in [0.29, 0.717) is 6.61 Å². The van der Waals surface area contributed by atoms with Crippen molar-refractivity contribution in [2.45, 2.75) is 19.9 Å². The maximum absolute atomic E-state index is 11.6. The number of benzene rings is 2. The van der Waals surface area contributed by atoms with Crippen molar-refractivity contribution < 1.29 is 14.6 Å². The Labute approximate surface area is 117 Å². The van der Waals surface area contributed by atoms with Gasteiger partial charge in [0.1, 0.15) is 12.4 Å². The molecule has 4 heteroatoms. The zero-order chi connectivity index (χ0) is 14.3. The normalized spacial score (nSPS) is 21.3. The number of amides is 1. The number of nitrogens with one attached hydrogen (secondary N) is 1. The number of hydrogen-bond acceptors (Lipinski definition) is 3. The van der Waals surface area contributed by atoms with Gasteiger partial charge in [-0.2, -0.15) is 0 Å². The van der Waals surface area contributed by atoms with Gasteiger partial charge in [0.2, 0.25) is 0 Å². The summed E-state index contributed by atoms with van der Waals surface area (Å²) in [6.07, 6.45) is -0.397. The lowest BCUT2D eigenvalue weighted by Gasteiger charge is -2.39. The molecule has 2 N–H and O–H groups in total. The molecule has 1 fully saturated rings. The van der Waals surface area contributed by atoms with E-state index in [0.717, 1.165) is 16.3 Å². The predicted molar refractivity (Wildman–Crippen MR) is 76.6 cm³/mol. The van der Waals surface area contributed by atoms with E-state index in [2.05, 4.69) is 19.2 Å². The van der Waals surface area contributed by atoms with Crippen molar-refractivity contribution in [3.05, 3.63) is 42.0 Å². The van der Waals surface area contributed by atoms with Gasteiger partial charge in [0.25, 0.3) is 0 Å². The summed E-state index contributed by atoms with van der Waals surface area (Å²) < 4.78 is 5.08. The number of hydrogen-bond donors (Lipinski definition) is 2. The van der Waals surface area contributed by atoms with E-state index in [1.54, 1.807) is 6.07 Å². The summed E-state index contributed by atoms with van der Waals surface area (Å²) in [6, 6.07) is 11.1. The number of cyclic esters (lactones) is 1. The SMILES string of the molecule is CC1(C)COC(=O)N[C@@H]1c1ccc(O)c2ccccc12. The third kappa shape index (κ3) is 1.97. The molecular formula is C16H17NO3. The monoisotopic (exact) mass is 271 g/mol. The Hall–Kier alpha value is -2.23. The average Bonchev–Trinajstić information content (AvgIpc) is 2.43. The Morgan fingerprint density at radius 1 is 1.20 bits per heavy atom. The molecule has 104 valence electrons. The quantitative estimate of drug-likeness (QED) is 0.836. The molecule has 1 heterocycles. The number of alkyl carbamates (subject to hydrolysis) is 1. The minimum atomic E-state index is -0.397. The van der Waals surface area contributed by atoms with Gasteiger partial charge in [0.15, 0.2) is 0 Å². The van der Waals surface area contributed by atoms with Crippen LogP contribution in [-0.4, -0.2) is 17.8 Å². The zero-order valence-corrected chi connectivity index (χ0v) is 11.5. The van der Waals surface area contributed by atoms with E-state index in [4.69, 9.17) is 4.74 Å². The second-order valence-corrected chi connectivity index (χ2v) is 5.86. The summed E-state index contributed by atoms with van der Waals surface area (Å²) in [7, 11) is 0. The molecule has 20 heavy (non-hydrogen) atoms. The third-order valence-electron chi connectivity index (χ3n) is 3.86. The predicted octanol–water partition coefficient (Wildman–Crippen LogP) is 3.35. The number of carbonyl (C=O) groups excluding carboxylic acids is 1. The van der Waals surface area contributed by atoms with Crippen LogP contribution < -0.4 is 5.32 Å². The number of rotatable bonds is 1. The zero-order valence-electron chi connectivity index (χ0n) is 11.5. The molecule has 0 radical (unpaired) electrons. The van der Waals surface area contributed by atoms with Gasteiger partial charge in [-0.25, -0.2) is 4.79 Å². The molecule has 1 atom stereocenters. The van der Waals surface area contributed by atoms with Gasteiger partial charge in [-0.15, -0.1) is 0 Å². The maximum Gasteiger partial charge on any atom is 0.407 e. The number of phenols is 1. The summed E-state index contributed by atoms with van der Waals surface area (Å²) >= 11 is 0. The van der Waals surface area contributed by atoms with Crippen LogP contribution in [0.3, 0.4) is 0 Å². The molecule has 1 aliphatic heterocycles. The standard InChI is InChI=1S/C16H17NO3/c1-16(2)9-20-15(19)17-14(16)12-7-8-13(18)11-6-4-3-5-10(11)12/h3-8,14,18H,9H2,1-2H3,(H,17,19)/t14-/m1/s1.